The van der Waals surface area contributed by atoms with Crippen LogP contribution in [0.1, 0.15) is 24.0 Å². The summed E-state index contributed by atoms with van der Waals surface area (Å²) in [5.74, 6) is 0. The van der Waals surface area contributed by atoms with Crippen molar-refractivity contribution in [2.24, 2.45) is 5.73 Å². The summed E-state index contributed by atoms with van der Waals surface area (Å²) in [7, 11) is 0. The van der Waals surface area contributed by atoms with Crippen molar-refractivity contribution in [3.05, 3.63) is 35.4 Å². The van der Waals surface area contributed by atoms with Crippen LogP contribution in [0, 0.1) is 0 Å². The molecule has 1 fully saturated rings. The molecular weight excluding hydrogens is 212 g/mol. The highest BCUT2D eigenvalue weighted by molar-refractivity contribution is 5.43. The predicted molar refractivity (Wildman–Crippen MR) is 67.9 cm³/mol. The summed E-state index contributed by atoms with van der Waals surface area (Å²) in [6, 6.07) is 8.44. The molecule has 2 unspecified atom stereocenters. The topological polar surface area (TPSA) is 58.3 Å². The SMILES string of the molecule is NCC1(C2(O)CCNC2)CCc2ccccc21. The molecular formula is C14H20N2O. The minimum absolute atomic E-state index is 0.243. The Morgan fingerprint density at radius 3 is 2.82 bits per heavy atom. The first-order valence-electron chi connectivity index (χ1n) is 6.43. The fourth-order valence-corrected chi connectivity index (χ4v) is 3.66. The molecule has 0 saturated carbocycles. The van der Waals surface area contributed by atoms with E-state index in [1.54, 1.807) is 0 Å². The molecule has 4 N–H and O–H groups in total. The highest BCUT2D eigenvalue weighted by Gasteiger charge is 2.54. The lowest BCUT2D eigenvalue weighted by Gasteiger charge is -2.42. The molecule has 3 rings (SSSR count). The minimum atomic E-state index is -0.672. The zero-order valence-electron chi connectivity index (χ0n) is 10.1. The number of benzene rings is 1. The Bertz CT molecular complexity index is 426. The van der Waals surface area contributed by atoms with E-state index in [4.69, 9.17) is 5.73 Å². The fourth-order valence-electron chi connectivity index (χ4n) is 3.66. The van der Waals surface area contributed by atoms with Crippen molar-refractivity contribution in [2.45, 2.75) is 30.3 Å². The number of hydrogen-bond donors (Lipinski definition) is 3. The van der Waals surface area contributed by atoms with Crippen molar-refractivity contribution < 1.29 is 5.11 Å². The lowest BCUT2D eigenvalue weighted by Crippen LogP contribution is -2.56. The van der Waals surface area contributed by atoms with Gasteiger partial charge in [-0.2, -0.15) is 0 Å². The number of hydrogen-bond acceptors (Lipinski definition) is 3. The van der Waals surface area contributed by atoms with Gasteiger partial charge in [-0.3, -0.25) is 0 Å². The molecule has 2 aliphatic rings. The van der Waals surface area contributed by atoms with E-state index in [1.807, 2.05) is 0 Å². The molecule has 92 valence electrons. The van der Waals surface area contributed by atoms with E-state index in [0.29, 0.717) is 13.1 Å². The maximum Gasteiger partial charge on any atom is 0.0891 e. The maximum absolute atomic E-state index is 10.9. The molecule has 1 aromatic rings. The van der Waals surface area contributed by atoms with E-state index in [9.17, 15) is 5.11 Å². The summed E-state index contributed by atoms with van der Waals surface area (Å²) in [6.07, 6.45) is 2.81. The lowest BCUT2D eigenvalue weighted by molar-refractivity contribution is -0.0191. The molecule has 17 heavy (non-hydrogen) atoms. The molecule has 1 aliphatic heterocycles. The van der Waals surface area contributed by atoms with Crippen molar-refractivity contribution in [3.8, 4) is 0 Å². The van der Waals surface area contributed by atoms with E-state index in [2.05, 4.69) is 29.6 Å². The van der Waals surface area contributed by atoms with E-state index < -0.39 is 5.60 Å². The van der Waals surface area contributed by atoms with E-state index >= 15 is 0 Å². The first-order chi connectivity index (χ1) is 8.22. The van der Waals surface area contributed by atoms with Crippen molar-refractivity contribution in [2.75, 3.05) is 19.6 Å². The minimum Gasteiger partial charge on any atom is -0.388 e. The molecule has 0 aromatic heterocycles. The molecule has 3 nitrogen and oxygen atoms in total. The number of nitrogens with one attached hydrogen (secondary N) is 1. The van der Waals surface area contributed by atoms with Crippen molar-refractivity contribution >= 4 is 0 Å². The average Bonchev–Trinajstić information content (AvgIpc) is 2.95. The number of fused-ring (bicyclic) bond motifs is 1. The first-order valence-corrected chi connectivity index (χ1v) is 6.43. The quantitative estimate of drug-likeness (QED) is 0.698. The van der Waals surface area contributed by atoms with Gasteiger partial charge in [-0.1, -0.05) is 24.3 Å². The first kappa shape index (κ1) is 11.2. The summed E-state index contributed by atoms with van der Waals surface area (Å²) < 4.78 is 0. The van der Waals surface area contributed by atoms with Crippen LogP contribution < -0.4 is 11.1 Å². The van der Waals surface area contributed by atoms with Crippen LogP contribution >= 0.6 is 0 Å². The van der Waals surface area contributed by atoms with E-state index in [-0.39, 0.29) is 5.41 Å². The zero-order chi connectivity index (χ0) is 11.9. The molecule has 0 spiro atoms. The van der Waals surface area contributed by atoms with Crippen LogP contribution in [0.2, 0.25) is 0 Å². The van der Waals surface area contributed by atoms with Crippen LogP contribution in [0.3, 0.4) is 0 Å². The van der Waals surface area contributed by atoms with Gasteiger partial charge < -0.3 is 16.2 Å². The Labute approximate surface area is 102 Å². The maximum atomic E-state index is 10.9. The Morgan fingerprint density at radius 1 is 1.29 bits per heavy atom. The summed E-state index contributed by atoms with van der Waals surface area (Å²) in [4.78, 5) is 0. The molecule has 2 atom stereocenters. The van der Waals surface area contributed by atoms with E-state index in [1.165, 1.54) is 11.1 Å². The number of nitrogens with two attached hydrogens (primary N) is 1. The van der Waals surface area contributed by atoms with Crippen LogP contribution in [-0.4, -0.2) is 30.3 Å². The van der Waals surface area contributed by atoms with Gasteiger partial charge in [-0.15, -0.1) is 0 Å². The van der Waals surface area contributed by atoms with Gasteiger partial charge in [-0.25, -0.2) is 0 Å². The number of aliphatic hydroxyl groups is 1. The van der Waals surface area contributed by atoms with Crippen LogP contribution in [0.4, 0.5) is 0 Å². The van der Waals surface area contributed by atoms with Crippen LogP contribution in [0.15, 0.2) is 24.3 Å². The highest BCUT2D eigenvalue weighted by Crippen LogP contribution is 2.47. The molecule has 1 aromatic carbocycles. The van der Waals surface area contributed by atoms with Crippen molar-refractivity contribution in [3.63, 3.8) is 0 Å². The summed E-state index contributed by atoms with van der Waals surface area (Å²) in [6.45, 7) is 2.08. The molecule has 0 bridgehead atoms. The Morgan fingerprint density at radius 2 is 2.12 bits per heavy atom. The summed E-state index contributed by atoms with van der Waals surface area (Å²) in [5, 5.41) is 14.2. The molecule has 0 amide bonds. The second kappa shape index (κ2) is 3.80. The number of aryl methyl sites for hydroxylation is 1. The monoisotopic (exact) mass is 232 g/mol. The second-order valence-electron chi connectivity index (χ2n) is 5.40. The third-order valence-electron chi connectivity index (χ3n) is 4.73. The fraction of sp³-hybridized carbons (Fsp3) is 0.571. The largest absolute Gasteiger partial charge is 0.388 e. The van der Waals surface area contributed by atoms with Gasteiger partial charge >= 0.3 is 0 Å². The van der Waals surface area contributed by atoms with Gasteiger partial charge in [0, 0.05) is 18.5 Å². The summed E-state index contributed by atoms with van der Waals surface area (Å²) in [5.41, 5.74) is 7.78. The lowest BCUT2D eigenvalue weighted by atomic mass is 9.67. The normalized spacial score (nSPS) is 36.1. The Kier molecular flexibility index (Phi) is 2.51. The van der Waals surface area contributed by atoms with Crippen molar-refractivity contribution in [1.29, 1.82) is 0 Å². The Hall–Kier alpha value is -0.900. The van der Waals surface area contributed by atoms with Gasteiger partial charge in [-0.05, 0) is 36.9 Å². The smallest absolute Gasteiger partial charge is 0.0891 e. The van der Waals surface area contributed by atoms with Crippen LogP contribution in [0.5, 0.6) is 0 Å². The van der Waals surface area contributed by atoms with Gasteiger partial charge in [0.05, 0.1) is 5.60 Å². The molecule has 1 aliphatic carbocycles. The predicted octanol–water partition coefficient (Wildman–Crippen LogP) is 0.554. The van der Waals surface area contributed by atoms with Gasteiger partial charge in [0.25, 0.3) is 0 Å². The third kappa shape index (κ3) is 1.39. The van der Waals surface area contributed by atoms with Gasteiger partial charge in [0.15, 0.2) is 0 Å². The summed E-state index contributed by atoms with van der Waals surface area (Å²) >= 11 is 0. The van der Waals surface area contributed by atoms with Crippen LogP contribution in [-0.2, 0) is 11.8 Å². The standard InChI is InChI=1S/C14H20N2O/c15-9-13(14(17)7-8-16-10-14)6-5-11-3-1-2-4-12(11)13/h1-4,16-17H,5-10,15H2. The molecule has 0 radical (unpaired) electrons. The van der Waals surface area contributed by atoms with E-state index in [0.717, 1.165) is 25.8 Å². The van der Waals surface area contributed by atoms with Crippen molar-refractivity contribution in [1.82, 2.24) is 5.32 Å². The molecule has 3 heteroatoms. The number of β-amino-alcohol motifs (C(OH)–C–C–N with tert-alkyl or cyclic N) is 1. The second-order valence-corrected chi connectivity index (χ2v) is 5.40. The number of rotatable bonds is 2. The average molecular weight is 232 g/mol. The van der Waals surface area contributed by atoms with Gasteiger partial charge in [0.2, 0.25) is 0 Å². The Balaban J connectivity index is 2.10. The third-order valence-corrected chi connectivity index (χ3v) is 4.73. The zero-order valence-corrected chi connectivity index (χ0v) is 10.1. The van der Waals surface area contributed by atoms with Gasteiger partial charge in [0.1, 0.15) is 0 Å². The molecule has 1 heterocycles. The molecule has 1 saturated heterocycles. The van der Waals surface area contributed by atoms with Crippen LogP contribution in [0.25, 0.3) is 0 Å². The highest BCUT2D eigenvalue weighted by atomic mass is 16.3.